The number of hydrogen-bond acceptors (Lipinski definition) is 7. The van der Waals surface area contributed by atoms with Crippen molar-refractivity contribution in [3.05, 3.63) is 52.3 Å². The molecule has 1 N–H and O–H groups in total. The zero-order chi connectivity index (χ0) is 16.9. The SMILES string of the molecule is O=C(N/N=C/c1ccc(Sc2ncccn2)c([N+](=O)[O-])c1)C1CC1. The van der Waals surface area contributed by atoms with Crippen LogP contribution >= 0.6 is 11.8 Å². The van der Waals surface area contributed by atoms with Gasteiger partial charge in [-0.05, 0) is 36.7 Å². The van der Waals surface area contributed by atoms with Crippen molar-refractivity contribution < 1.29 is 9.72 Å². The molecule has 0 aliphatic heterocycles. The van der Waals surface area contributed by atoms with Crippen LogP contribution in [0.3, 0.4) is 0 Å². The fourth-order valence-electron chi connectivity index (χ4n) is 1.89. The molecule has 8 nitrogen and oxygen atoms in total. The molecule has 0 atom stereocenters. The van der Waals surface area contributed by atoms with Gasteiger partial charge < -0.3 is 0 Å². The lowest BCUT2D eigenvalue weighted by Crippen LogP contribution is -2.18. The largest absolute Gasteiger partial charge is 0.283 e. The second-order valence-electron chi connectivity index (χ2n) is 5.13. The molecule has 1 aliphatic rings. The number of rotatable bonds is 6. The second kappa shape index (κ2) is 7.18. The van der Waals surface area contributed by atoms with E-state index in [0.717, 1.165) is 24.6 Å². The van der Waals surface area contributed by atoms with Crippen LogP contribution in [0.1, 0.15) is 18.4 Å². The molecule has 9 heteroatoms. The van der Waals surface area contributed by atoms with E-state index in [1.165, 1.54) is 12.3 Å². The Morgan fingerprint density at radius 1 is 1.38 bits per heavy atom. The smallest absolute Gasteiger partial charge is 0.273 e. The summed E-state index contributed by atoms with van der Waals surface area (Å²) in [6.07, 6.45) is 6.32. The van der Waals surface area contributed by atoms with Crippen molar-refractivity contribution in [2.45, 2.75) is 22.9 Å². The Kier molecular flexibility index (Phi) is 4.80. The maximum Gasteiger partial charge on any atom is 0.283 e. The highest BCUT2D eigenvalue weighted by Gasteiger charge is 2.29. The molecule has 1 fully saturated rings. The molecule has 0 radical (unpaired) electrons. The lowest BCUT2D eigenvalue weighted by molar-refractivity contribution is -0.387. The van der Waals surface area contributed by atoms with Crippen molar-refractivity contribution in [3.8, 4) is 0 Å². The maximum absolute atomic E-state index is 11.5. The van der Waals surface area contributed by atoms with Gasteiger partial charge in [0.2, 0.25) is 5.91 Å². The average Bonchev–Trinajstić information content (AvgIpc) is 3.42. The van der Waals surface area contributed by atoms with Gasteiger partial charge >= 0.3 is 0 Å². The third-order valence-electron chi connectivity index (χ3n) is 3.26. The van der Waals surface area contributed by atoms with Crippen molar-refractivity contribution in [2.24, 2.45) is 11.0 Å². The Balaban J connectivity index is 1.75. The molecule has 0 unspecified atom stereocenters. The summed E-state index contributed by atoms with van der Waals surface area (Å²) in [7, 11) is 0. The van der Waals surface area contributed by atoms with Crippen LogP contribution in [0.15, 0.2) is 51.8 Å². The second-order valence-corrected chi connectivity index (χ2v) is 6.14. The Morgan fingerprint density at radius 2 is 2.12 bits per heavy atom. The summed E-state index contributed by atoms with van der Waals surface area (Å²) in [6, 6.07) is 6.38. The number of carbonyl (C=O) groups is 1. The number of hydrogen-bond donors (Lipinski definition) is 1. The van der Waals surface area contributed by atoms with E-state index in [0.29, 0.717) is 15.6 Å². The minimum Gasteiger partial charge on any atom is -0.273 e. The lowest BCUT2D eigenvalue weighted by atomic mass is 10.2. The van der Waals surface area contributed by atoms with E-state index in [1.807, 2.05) is 0 Å². The molecule has 0 spiro atoms. The molecule has 1 aliphatic carbocycles. The first-order chi connectivity index (χ1) is 11.6. The van der Waals surface area contributed by atoms with Crippen LogP contribution in [0.25, 0.3) is 0 Å². The van der Waals surface area contributed by atoms with Gasteiger partial charge in [0.05, 0.1) is 16.0 Å². The van der Waals surface area contributed by atoms with Crippen molar-refractivity contribution >= 4 is 29.6 Å². The first kappa shape index (κ1) is 16.1. The molecule has 1 aromatic carbocycles. The van der Waals surface area contributed by atoms with E-state index in [-0.39, 0.29) is 17.5 Å². The highest BCUT2D eigenvalue weighted by atomic mass is 32.2. The van der Waals surface area contributed by atoms with Crippen LogP contribution in [0, 0.1) is 16.0 Å². The van der Waals surface area contributed by atoms with Crippen molar-refractivity contribution in [2.75, 3.05) is 0 Å². The fraction of sp³-hybridized carbons (Fsp3) is 0.200. The number of nitrogens with zero attached hydrogens (tertiary/aromatic N) is 4. The predicted octanol–water partition coefficient (Wildman–Crippen LogP) is 2.40. The van der Waals surface area contributed by atoms with Crippen molar-refractivity contribution in [1.29, 1.82) is 0 Å². The zero-order valence-corrected chi connectivity index (χ0v) is 13.3. The molecular weight excluding hydrogens is 330 g/mol. The van der Waals surface area contributed by atoms with E-state index >= 15 is 0 Å². The number of hydrazone groups is 1. The number of benzene rings is 1. The summed E-state index contributed by atoms with van der Waals surface area (Å²) in [5, 5.41) is 15.5. The highest BCUT2D eigenvalue weighted by molar-refractivity contribution is 7.99. The molecule has 3 rings (SSSR count). The average molecular weight is 343 g/mol. The summed E-state index contributed by atoms with van der Waals surface area (Å²) < 4.78 is 0. The third-order valence-corrected chi connectivity index (χ3v) is 4.22. The first-order valence-corrected chi connectivity index (χ1v) is 8.01. The number of amides is 1. The van der Waals surface area contributed by atoms with Crippen LogP contribution < -0.4 is 5.43 Å². The van der Waals surface area contributed by atoms with Gasteiger partial charge in [0, 0.05) is 29.9 Å². The van der Waals surface area contributed by atoms with Crippen LogP contribution in [0.4, 0.5) is 5.69 Å². The zero-order valence-electron chi connectivity index (χ0n) is 12.5. The van der Waals surface area contributed by atoms with Gasteiger partial charge in [0.15, 0.2) is 5.16 Å². The van der Waals surface area contributed by atoms with Gasteiger partial charge in [0.25, 0.3) is 5.69 Å². The van der Waals surface area contributed by atoms with Crippen molar-refractivity contribution in [1.82, 2.24) is 15.4 Å². The Hall–Kier alpha value is -2.81. The van der Waals surface area contributed by atoms with Gasteiger partial charge in [-0.3, -0.25) is 14.9 Å². The van der Waals surface area contributed by atoms with Gasteiger partial charge in [-0.15, -0.1) is 0 Å². The summed E-state index contributed by atoms with van der Waals surface area (Å²) in [6.45, 7) is 0. The molecule has 1 amide bonds. The normalized spacial score (nSPS) is 13.8. The Bertz CT molecular complexity index is 793. The quantitative estimate of drug-likeness (QED) is 0.373. The topological polar surface area (TPSA) is 110 Å². The minimum atomic E-state index is -0.467. The third kappa shape index (κ3) is 4.13. The standard InChI is InChI=1S/C15H13N5O3S/c21-14(11-3-4-11)19-18-9-10-2-5-13(12(8-10)20(22)23)24-15-16-6-1-7-17-15/h1-2,5-9,11H,3-4H2,(H,19,21)/b18-9+. The van der Waals surface area contributed by atoms with E-state index in [1.54, 1.807) is 30.6 Å². The number of nitro groups is 1. The van der Waals surface area contributed by atoms with E-state index in [2.05, 4.69) is 20.5 Å². The molecule has 2 aromatic rings. The molecule has 1 heterocycles. The Morgan fingerprint density at radius 3 is 2.79 bits per heavy atom. The molecular formula is C15H13N5O3S. The summed E-state index contributed by atoms with van der Waals surface area (Å²) in [4.78, 5) is 30.8. The highest BCUT2D eigenvalue weighted by Crippen LogP contribution is 2.33. The van der Waals surface area contributed by atoms with E-state index < -0.39 is 4.92 Å². The van der Waals surface area contributed by atoms with Crippen LogP contribution in [-0.4, -0.2) is 27.0 Å². The Labute approximate surface area is 141 Å². The van der Waals surface area contributed by atoms with E-state index in [4.69, 9.17) is 0 Å². The monoisotopic (exact) mass is 343 g/mol. The molecule has 24 heavy (non-hydrogen) atoms. The first-order valence-electron chi connectivity index (χ1n) is 7.20. The van der Waals surface area contributed by atoms with Gasteiger partial charge in [0.1, 0.15) is 0 Å². The summed E-state index contributed by atoms with van der Waals surface area (Å²) >= 11 is 1.11. The van der Waals surface area contributed by atoms with Crippen LogP contribution in [0.2, 0.25) is 0 Å². The molecule has 122 valence electrons. The molecule has 1 saturated carbocycles. The number of carbonyl (C=O) groups excluding carboxylic acids is 1. The van der Waals surface area contributed by atoms with E-state index in [9.17, 15) is 14.9 Å². The van der Waals surface area contributed by atoms with Gasteiger partial charge in [-0.1, -0.05) is 6.07 Å². The summed E-state index contributed by atoms with van der Waals surface area (Å²) in [5.74, 6) is -0.0599. The van der Waals surface area contributed by atoms with Gasteiger partial charge in [-0.2, -0.15) is 5.10 Å². The fourth-order valence-corrected chi connectivity index (χ4v) is 2.69. The van der Waals surface area contributed by atoms with Gasteiger partial charge in [-0.25, -0.2) is 15.4 Å². The summed E-state index contributed by atoms with van der Waals surface area (Å²) in [5.41, 5.74) is 2.89. The molecule has 0 bridgehead atoms. The molecule has 0 saturated heterocycles. The lowest BCUT2D eigenvalue weighted by Gasteiger charge is -2.03. The number of nitrogens with one attached hydrogen (secondary N) is 1. The van der Waals surface area contributed by atoms with Crippen LogP contribution in [0.5, 0.6) is 0 Å². The number of aromatic nitrogens is 2. The number of nitro benzene ring substituents is 1. The molecule has 1 aromatic heterocycles. The van der Waals surface area contributed by atoms with Crippen molar-refractivity contribution in [3.63, 3.8) is 0 Å². The predicted molar refractivity (Wildman–Crippen MR) is 87.7 cm³/mol. The minimum absolute atomic E-state index is 0.0566. The maximum atomic E-state index is 11.5. The van der Waals surface area contributed by atoms with Crippen LogP contribution in [-0.2, 0) is 4.79 Å².